The van der Waals surface area contributed by atoms with Crippen LogP contribution < -0.4 is 10.0 Å². The Morgan fingerprint density at radius 2 is 2.17 bits per heavy atom. The molecule has 0 unspecified atom stereocenters. The first-order valence-electron chi connectivity index (χ1n) is 9.45. The molecule has 3 aromatic rings. The van der Waals surface area contributed by atoms with Crippen molar-refractivity contribution in [3.8, 4) is 17.2 Å². The van der Waals surface area contributed by atoms with E-state index in [1.807, 2.05) is 30.3 Å². The Bertz CT molecular complexity index is 1140. The predicted octanol–water partition coefficient (Wildman–Crippen LogP) is 3.68. The maximum atomic E-state index is 12.6. The minimum absolute atomic E-state index is 0.0959. The van der Waals surface area contributed by atoms with Gasteiger partial charge in [-0.1, -0.05) is 12.1 Å². The SMILES string of the molecule is N#Cc1cnc(C(=O)Nc2ccc(-c3ccc[n+](O)c3)cc2C2=CCCCC2)[nH]1. The van der Waals surface area contributed by atoms with E-state index < -0.39 is 5.91 Å². The van der Waals surface area contributed by atoms with Crippen LogP contribution in [0.25, 0.3) is 16.7 Å². The van der Waals surface area contributed by atoms with E-state index in [4.69, 9.17) is 5.26 Å². The quantitative estimate of drug-likeness (QED) is 0.470. The van der Waals surface area contributed by atoms with Crippen LogP contribution in [0, 0.1) is 11.3 Å². The van der Waals surface area contributed by atoms with Gasteiger partial charge in [-0.25, -0.2) is 4.98 Å². The topological polar surface area (TPSA) is 106 Å². The number of nitrogens with zero attached hydrogens (tertiary/aromatic N) is 3. The van der Waals surface area contributed by atoms with Crippen LogP contribution in [0.4, 0.5) is 5.69 Å². The Morgan fingerprint density at radius 1 is 1.28 bits per heavy atom. The third-order valence-electron chi connectivity index (χ3n) is 4.94. The molecule has 0 bridgehead atoms. The molecule has 29 heavy (non-hydrogen) atoms. The Balaban J connectivity index is 1.71. The number of amides is 1. The van der Waals surface area contributed by atoms with Crippen molar-refractivity contribution in [1.29, 1.82) is 5.26 Å². The Hall–Kier alpha value is -3.92. The number of pyridine rings is 1. The molecule has 2 aromatic heterocycles. The highest BCUT2D eigenvalue weighted by molar-refractivity contribution is 6.03. The Labute approximate surface area is 167 Å². The molecule has 0 saturated carbocycles. The van der Waals surface area contributed by atoms with Crippen LogP contribution in [0.3, 0.4) is 0 Å². The van der Waals surface area contributed by atoms with E-state index in [9.17, 15) is 10.0 Å². The number of aromatic amines is 1. The van der Waals surface area contributed by atoms with Crippen molar-refractivity contribution in [3.63, 3.8) is 0 Å². The van der Waals surface area contributed by atoms with Gasteiger partial charge in [0.15, 0.2) is 5.82 Å². The number of H-pyrrole nitrogens is 1. The number of imidazole rings is 1. The van der Waals surface area contributed by atoms with Crippen LogP contribution >= 0.6 is 0 Å². The second kappa shape index (κ2) is 7.98. The van der Waals surface area contributed by atoms with Crippen LogP contribution in [0.1, 0.15) is 47.6 Å². The van der Waals surface area contributed by atoms with Gasteiger partial charge in [-0.2, -0.15) is 5.26 Å². The third-order valence-corrected chi connectivity index (χ3v) is 4.94. The number of rotatable bonds is 4. The summed E-state index contributed by atoms with van der Waals surface area (Å²) < 4.78 is 1.02. The largest absolute Gasteiger partial charge is 0.326 e. The predicted molar refractivity (Wildman–Crippen MR) is 107 cm³/mol. The second-order valence-corrected chi connectivity index (χ2v) is 6.92. The summed E-state index contributed by atoms with van der Waals surface area (Å²) in [5, 5.41) is 21.6. The van der Waals surface area contributed by atoms with E-state index in [-0.39, 0.29) is 11.5 Å². The fraction of sp³-hybridized carbons (Fsp3) is 0.182. The number of carbonyl (C=O) groups excluding carboxylic acids is 1. The van der Waals surface area contributed by atoms with Gasteiger partial charge in [0, 0.05) is 22.0 Å². The molecule has 0 saturated heterocycles. The van der Waals surface area contributed by atoms with Crippen molar-refractivity contribution in [1.82, 2.24) is 9.97 Å². The summed E-state index contributed by atoms with van der Waals surface area (Å²) in [6.45, 7) is 0. The summed E-state index contributed by atoms with van der Waals surface area (Å²) in [7, 11) is 0. The summed E-state index contributed by atoms with van der Waals surface area (Å²) in [4.78, 5) is 19.3. The Morgan fingerprint density at radius 3 is 2.90 bits per heavy atom. The molecule has 0 fully saturated rings. The molecule has 0 spiro atoms. The number of nitrogens with one attached hydrogen (secondary N) is 2. The number of nitriles is 1. The van der Waals surface area contributed by atoms with Gasteiger partial charge in [0.2, 0.25) is 12.4 Å². The molecular weight excluding hydrogens is 366 g/mol. The first kappa shape index (κ1) is 18.4. The Kier molecular flexibility index (Phi) is 5.08. The minimum atomic E-state index is -0.398. The smallest absolute Gasteiger partial charge is 0.291 e. The van der Waals surface area contributed by atoms with E-state index >= 15 is 0 Å². The highest BCUT2D eigenvalue weighted by atomic mass is 16.5. The van der Waals surface area contributed by atoms with E-state index in [1.54, 1.807) is 18.5 Å². The maximum absolute atomic E-state index is 12.6. The average Bonchev–Trinajstić information content (AvgIpc) is 3.24. The first-order chi connectivity index (χ1) is 14.1. The summed E-state index contributed by atoms with van der Waals surface area (Å²) >= 11 is 0. The van der Waals surface area contributed by atoms with Gasteiger partial charge in [-0.3, -0.25) is 10.0 Å². The highest BCUT2D eigenvalue weighted by Crippen LogP contribution is 2.34. The van der Waals surface area contributed by atoms with Crippen molar-refractivity contribution in [2.24, 2.45) is 0 Å². The van der Waals surface area contributed by atoms with Gasteiger partial charge in [0.25, 0.3) is 5.91 Å². The van der Waals surface area contributed by atoms with Crippen LogP contribution in [-0.4, -0.2) is 21.1 Å². The molecule has 3 N–H and O–H groups in total. The average molecular weight is 386 g/mol. The van der Waals surface area contributed by atoms with E-state index in [1.165, 1.54) is 11.8 Å². The zero-order valence-electron chi connectivity index (χ0n) is 15.7. The summed E-state index contributed by atoms with van der Waals surface area (Å²) in [5.74, 6) is -0.302. The van der Waals surface area contributed by atoms with Crippen molar-refractivity contribution in [2.75, 3.05) is 5.32 Å². The van der Waals surface area contributed by atoms with Gasteiger partial charge < -0.3 is 10.3 Å². The number of carbonyl (C=O) groups is 1. The molecule has 1 aliphatic rings. The molecule has 0 atom stereocenters. The molecule has 0 radical (unpaired) electrons. The zero-order valence-corrected chi connectivity index (χ0v) is 15.7. The van der Waals surface area contributed by atoms with E-state index in [0.717, 1.165) is 47.1 Å². The highest BCUT2D eigenvalue weighted by Gasteiger charge is 2.17. The fourth-order valence-electron chi connectivity index (χ4n) is 3.49. The lowest BCUT2D eigenvalue weighted by Gasteiger charge is -2.18. The molecule has 1 amide bonds. The van der Waals surface area contributed by atoms with Gasteiger partial charge in [0.1, 0.15) is 11.8 Å². The van der Waals surface area contributed by atoms with E-state index in [2.05, 4.69) is 21.4 Å². The lowest BCUT2D eigenvalue weighted by Crippen LogP contribution is -2.28. The number of anilines is 1. The second-order valence-electron chi connectivity index (χ2n) is 6.92. The molecule has 0 aliphatic heterocycles. The standard InChI is InChI=1S/C22H19N5O2/c23-12-18-13-24-21(25-18)22(28)26-20-9-8-16(17-7-4-10-27(29)14-17)11-19(20)15-5-2-1-3-6-15/h4-5,7-11,13-14H,1-3,6H2,(H2-,24,25,26,28,29)/p+1. The first-order valence-corrected chi connectivity index (χ1v) is 9.45. The summed E-state index contributed by atoms with van der Waals surface area (Å²) in [6.07, 6.45) is 11.0. The molecule has 1 aromatic carbocycles. The maximum Gasteiger partial charge on any atom is 0.291 e. The lowest BCUT2D eigenvalue weighted by molar-refractivity contribution is -0.904. The van der Waals surface area contributed by atoms with Gasteiger partial charge in [-0.05, 0) is 55.0 Å². The zero-order chi connectivity index (χ0) is 20.2. The third kappa shape index (κ3) is 4.01. The van der Waals surface area contributed by atoms with Crippen molar-refractivity contribution in [3.05, 3.63) is 72.1 Å². The lowest BCUT2D eigenvalue weighted by atomic mass is 9.90. The minimum Gasteiger partial charge on any atom is -0.326 e. The molecule has 1 aliphatic carbocycles. The molecule has 4 rings (SSSR count). The van der Waals surface area contributed by atoms with Crippen molar-refractivity contribution >= 4 is 17.2 Å². The summed E-state index contributed by atoms with van der Waals surface area (Å²) in [5.41, 5.74) is 4.89. The number of allylic oxidation sites excluding steroid dienone is 2. The van der Waals surface area contributed by atoms with Crippen molar-refractivity contribution in [2.45, 2.75) is 25.7 Å². The number of hydrogen-bond donors (Lipinski definition) is 3. The van der Waals surface area contributed by atoms with Crippen molar-refractivity contribution < 1.29 is 14.7 Å². The van der Waals surface area contributed by atoms with Gasteiger partial charge >= 0.3 is 0 Å². The number of aromatic nitrogens is 3. The number of hydrogen-bond acceptors (Lipinski definition) is 4. The molecule has 7 heteroatoms. The van der Waals surface area contributed by atoms with E-state index in [0.29, 0.717) is 5.69 Å². The molecule has 7 nitrogen and oxygen atoms in total. The molecule has 2 heterocycles. The molecule has 144 valence electrons. The van der Waals surface area contributed by atoms with Gasteiger partial charge in [0.05, 0.1) is 11.8 Å². The van der Waals surface area contributed by atoms with Crippen LogP contribution in [-0.2, 0) is 0 Å². The van der Waals surface area contributed by atoms with Crippen LogP contribution in [0.15, 0.2) is 55.0 Å². The monoisotopic (exact) mass is 386 g/mol. The van der Waals surface area contributed by atoms with Crippen LogP contribution in [0.5, 0.6) is 0 Å². The van der Waals surface area contributed by atoms with Crippen LogP contribution in [0.2, 0.25) is 0 Å². The molecular formula is C22H20N5O2+. The normalized spacial score (nSPS) is 13.4. The van der Waals surface area contributed by atoms with Gasteiger partial charge in [-0.15, -0.1) is 0 Å². The fourth-order valence-corrected chi connectivity index (χ4v) is 3.49. The summed E-state index contributed by atoms with van der Waals surface area (Å²) in [6, 6.07) is 11.4. The number of benzene rings is 1.